The topological polar surface area (TPSA) is 49.4 Å². The van der Waals surface area contributed by atoms with Gasteiger partial charge in [0.05, 0.1) is 5.75 Å². The average molecular weight is 499 g/mol. The molecule has 0 aliphatic carbocycles. The zero-order chi connectivity index (χ0) is 23.9. The summed E-state index contributed by atoms with van der Waals surface area (Å²) in [5.74, 6) is -0.00242. The van der Waals surface area contributed by atoms with Gasteiger partial charge in [0.25, 0.3) is 0 Å². The summed E-state index contributed by atoms with van der Waals surface area (Å²) in [5, 5.41) is 4.07. The molecular weight excluding hydrogens is 470 g/mol. The largest absolute Gasteiger partial charge is 0.350 e. The maximum atomic E-state index is 13.3. The SMILES string of the molecule is CCC(C(=O)NC(C)(C)C)N(Cc1ccc(F)cc1)C(=O)CSCc1ccc(Cl)cc1Cl. The molecule has 0 spiro atoms. The minimum Gasteiger partial charge on any atom is -0.350 e. The predicted molar refractivity (Wildman–Crippen MR) is 132 cm³/mol. The molecule has 0 aromatic heterocycles. The average Bonchev–Trinajstić information content (AvgIpc) is 2.69. The molecule has 0 aliphatic rings. The smallest absolute Gasteiger partial charge is 0.243 e. The van der Waals surface area contributed by atoms with E-state index in [2.05, 4.69) is 5.32 Å². The Hall–Kier alpha value is -1.76. The Morgan fingerprint density at radius 3 is 2.34 bits per heavy atom. The Bertz CT molecular complexity index is 933. The Labute approximate surface area is 203 Å². The predicted octanol–water partition coefficient (Wildman–Crippen LogP) is 6.09. The first-order valence-electron chi connectivity index (χ1n) is 10.4. The van der Waals surface area contributed by atoms with Crippen molar-refractivity contribution in [3.8, 4) is 0 Å². The summed E-state index contributed by atoms with van der Waals surface area (Å²) in [6.07, 6.45) is 0.461. The van der Waals surface area contributed by atoms with E-state index in [9.17, 15) is 14.0 Å². The number of carbonyl (C=O) groups is 2. The summed E-state index contributed by atoms with van der Waals surface area (Å²) in [4.78, 5) is 27.7. The third-order valence-corrected chi connectivity index (χ3v) is 6.20. The van der Waals surface area contributed by atoms with Gasteiger partial charge in [-0.15, -0.1) is 11.8 Å². The number of carbonyl (C=O) groups excluding carboxylic acids is 2. The maximum absolute atomic E-state index is 13.3. The van der Waals surface area contributed by atoms with Gasteiger partial charge in [0.1, 0.15) is 11.9 Å². The van der Waals surface area contributed by atoms with Crippen LogP contribution in [0.5, 0.6) is 0 Å². The molecule has 2 amide bonds. The number of rotatable bonds is 9. The molecule has 1 atom stereocenters. The van der Waals surface area contributed by atoms with Crippen molar-refractivity contribution in [3.63, 3.8) is 0 Å². The number of benzene rings is 2. The number of hydrogen-bond acceptors (Lipinski definition) is 3. The standard InChI is InChI=1S/C24H29Cl2FN2O2S/c1-5-21(23(31)28-24(2,3)4)29(13-16-6-10-19(27)11-7-16)22(30)15-32-14-17-8-9-18(25)12-20(17)26/h6-12,21H,5,13-15H2,1-4H3,(H,28,31). The number of halogens is 3. The Morgan fingerprint density at radius 1 is 1.12 bits per heavy atom. The normalized spacial score (nSPS) is 12.3. The molecule has 2 aromatic carbocycles. The second-order valence-electron chi connectivity index (χ2n) is 8.54. The zero-order valence-corrected chi connectivity index (χ0v) is 21.1. The van der Waals surface area contributed by atoms with E-state index in [0.29, 0.717) is 22.2 Å². The molecule has 1 unspecified atom stereocenters. The van der Waals surface area contributed by atoms with Crippen LogP contribution in [-0.4, -0.2) is 34.0 Å². The molecule has 174 valence electrons. The first kappa shape index (κ1) is 26.5. The summed E-state index contributed by atoms with van der Waals surface area (Å²) < 4.78 is 13.3. The molecule has 4 nitrogen and oxygen atoms in total. The zero-order valence-electron chi connectivity index (χ0n) is 18.8. The van der Waals surface area contributed by atoms with Crippen molar-refractivity contribution >= 4 is 46.8 Å². The molecule has 0 fully saturated rings. The highest BCUT2D eigenvalue weighted by Crippen LogP contribution is 2.25. The third kappa shape index (κ3) is 8.30. The fourth-order valence-electron chi connectivity index (χ4n) is 3.13. The van der Waals surface area contributed by atoms with Crippen molar-refractivity contribution < 1.29 is 14.0 Å². The molecule has 0 radical (unpaired) electrons. The maximum Gasteiger partial charge on any atom is 0.243 e. The first-order chi connectivity index (χ1) is 15.0. The van der Waals surface area contributed by atoms with E-state index in [1.807, 2.05) is 33.8 Å². The molecule has 0 bridgehead atoms. The van der Waals surface area contributed by atoms with Crippen molar-refractivity contribution in [2.45, 2.75) is 58.0 Å². The van der Waals surface area contributed by atoms with E-state index in [1.165, 1.54) is 23.9 Å². The van der Waals surface area contributed by atoms with Gasteiger partial charge in [0.2, 0.25) is 11.8 Å². The monoisotopic (exact) mass is 498 g/mol. The highest BCUT2D eigenvalue weighted by Gasteiger charge is 2.30. The molecule has 8 heteroatoms. The number of nitrogens with one attached hydrogen (secondary N) is 1. The fourth-order valence-corrected chi connectivity index (χ4v) is 4.60. The van der Waals surface area contributed by atoms with Crippen molar-refractivity contribution in [1.82, 2.24) is 10.2 Å². The van der Waals surface area contributed by atoms with Crippen LogP contribution in [0.2, 0.25) is 10.0 Å². The second-order valence-corrected chi connectivity index (χ2v) is 10.4. The lowest BCUT2D eigenvalue weighted by atomic mass is 10.1. The van der Waals surface area contributed by atoms with Crippen LogP contribution in [-0.2, 0) is 21.9 Å². The van der Waals surface area contributed by atoms with Crippen LogP contribution in [0.1, 0.15) is 45.2 Å². The minimum absolute atomic E-state index is 0.166. The van der Waals surface area contributed by atoms with Crippen LogP contribution < -0.4 is 5.32 Å². The summed E-state index contributed by atoms with van der Waals surface area (Å²) in [6.45, 7) is 7.79. The number of amides is 2. The number of nitrogens with zero attached hydrogens (tertiary/aromatic N) is 1. The fraction of sp³-hybridized carbons (Fsp3) is 0.417. The van der Waals surface area contributed by atoms with Gasteiger partial charge in [0, 0.05) is 27.9 Å². The van der Waals surface area contributed by atoms with Gasteiger partial charge in [-0.3, -0.25) is 9.59 Å². The third-order valence-electron chi connectivity index (χ3n) is 4.65. The van der Waals surface area contributed by atoms with Gasteiger partial charge in [0.15, 0.2) is 0 Å². The van der Waals surface area contributed by atoms with Crippen LogP contribution in [0.3, 0.4) is 0 Å². The van der Waals surface area contributed by atoms with Crippen molar-refractivity contribution in [3.05, 3.63) is 69.5 Å². The van der Waals surface area contributed by atoms with E-state index < -0.39 is 11.6 Å². The van der Waals surface area contributed by atoms with Crippen molar-refractivity contribution in [2.24, 2.45) is 0 Å². The van der Waals surface area contributed by atoms with Crippen LogP contribution >= 0.6 is 35.0 Å². The van der Waals surface area contributed by atoms with Gasteiger partial charge < -0.3 is 10.2 Å². The van der Waals surface area contributed by atoms with Gasteiger partial charge in [-0.2, -0.15) is 0 Å². The molecule has 0 aliphatic heterocycles. The second kappa shape index (κ2) is 11.9. The van der Waals surface area contributed by atoms with E-state index >= 15 is 0 Å². The van der Waals surface area contributed by atoms with Crippen LogP contribution in [0.4, 0.5) is 4.39 Å². The lowest BCUT2D eigenvalue weighted by Crippen LogP contribution is -2.53. The van der Waals surface area contributed by atoms with Gasteiger partial charge in [-0.25, -0.2) is 4.39 Å². The van der Waals surface area contributed by atoms with Crippen LogP contribution in [0, 0.1) is 5.82 Å². The minimum atomic E-state index is -0.633. The molecule has 2 rings (SSSR count). The molecule has 2 aromatic rings. The summed E-state index contributed by atoms with van der Waals surface area (Å²) in [5.41, 5.74) is 1.22. The Kier molecular flexibility index (Phi) is 9.86. The summed E-state index contributed by atoms with van der Waals surface area (Å²) in [7, 11) is 0. The molecule has 0 saturated carbocycles. The van der Waals surface area contributed by atoms with Crippen molar-refractivity contribution in [2.75, 3.05) is 5.75 Å². The summed E-state index contributed by atoms with van der Waals surface area (Å²) >= 11 is 13.6. The molecule has 1 N–H and O–H groups in total. The van der Waals surface area contributed by atoms with Crippen molar-refractivity contribution in [1.29, 1.82) is 0 Å². The molecule has 0 saturated heterocycles. The molecule has 32 heavy (non-hydrogen) atoms. The van der Waals surface area contributed by atoms with Gasteiger partial charge in [-0.1, -0.05) is 48.3 Å². The number of thioether (sulfide) groups is 1. The Morgan fingerprint density at radius 2 is 1.78 bits per heavy atom. The molecule has 0 heterocycles. The summed E-state index contributed by atoms with van der Waals surface area (Å²) in [6, 6.07) is 10.6. The number of hydrogen-bond donors (Lipinski definition) is 1. The van der Waals surface area contributed by atoms with E-state index in [-0.39, 0.29) is 29.9 Å². The molecular formula is C24H29Cl2FN2O2S. The van der Waals surface area contributed by atoms with Gasteiger partial charge in [-0.05, 0) is 62.6 Å². The lowest BCUT2D eigenvalue weighted by molar-refractivity contribution is -0.140. The highest BCUT2D eigenvalue weighted by molar-refractivity contribution is 7.99. The van der Waals surface area contributed by atoms with Crippen LogP contribution in [0.15, 0.2) is 42.5 Å². The highest BCUT2D eigenvalue weighted by atomic mass is 35.5. The first-order valence-corrected chi connectivity index (χ1v) is 12.3. The lowest BCUT2D eigenvalue weighted by Gasteiger charge is -2.33. The Balaban J connectivity index is 2.16. The van der Waals surface area contributed by atoms with E-state index in [0.717, 1.165) is 11.1 Å². The van der Waals surface area contributed by atoms with Crippen LogP contribution in [0.25, 0.3) is 0 Å². The van der Waals surface area contributed by atoms with E-state index in [1.54, 1.807) is 29.2 Å². The van der Waals surface area contributed by atoms with E-state index in [4.69, 9.17) is 23.2 Å². The quantitative estimate of drug-likeness (QED) is 0.455. The van der Waals surface area contributed by atoms with Gasteiger partial charge >= 0.3 is 0 Å².